The number of nitrogen functional groups attached to an aromatic ring is 1. The minimum absolute atomic E-state index is 0.0752. The van der Waals surface area contributed by atoms with Crippen molar-refractivity contribution >= 4 is 65.5 Å². The van der Waals surface area contributed by atoms with Gasteiger partial charge in [-0.15, -0.1) is 23.1 Å². The number of phosphoric acid groups is 1. The Balaban J connectivity index is 0.000000739. The van der Waals surface area contributed by atoms with Gasteiger partial charge in [0.25, 0.3) is 11.8 Å². The van der Waals surface area contributed by atoms with Crippen molar-refractivity contribution in [1.29, 1.82) is 0 Å². The van der Waals surface area contributed by atoms with E-state index in [1.165, 1.54) is 23.2 Å². The highest BCUT2D eigenvalue weighted by atomic mass is 32.2. The number of hydrogen-bond acceptors (Lipinski definition) is 11. The van der Waals surface area contributed by atoms with Crippen LogP contribution in [0.25, 0.3) is 0 Å². The molecule has 0 bridgehead atoms. The molecule has 1 saturated heterocycles. The molecule has 0 unspecified atom stereocenters. The second-order valence-electron chi connectivity index (χ2n) is 6.35. The number of amides is 2. The molecule has 18 heteroatoms. The van der Waals surface area contributed by atoms with Gasteiger partial charge in [0.2, 0.25) is 0 Å². The van der Waals surface area contributed by atoms with Crippen LogP contribution in [-0.2, 0) is 28.6 Å². The van der Waals surface area contributed by atoms with Gasteiger partial charge in [-0.2, -0.15) is 0 Å². The van der Waals surface area contributed by atoms with Crippen LogP contribution in [0.5, 0.6) is 0 Å². The van der Waals surface area contributed by atoms with Crippen molar-refractivity contribution in [2.75, 3.05) is 11.5 Å². The van der Waals surface area contributed by atoms with Gasteiger partial charge in [0.15, 0.2) is 10.8 Å². The molecule has 0 aliphatic carbocycles. The molecule has 1 aromatic heterocycles. The summed E-state index contributed by atoms with van der Waals surface area (Å²) in [6, 6.07) is -0.980. The maximum Gasteiger partial charge on any atom is 0.466 e. The molecule has 2 atom stereocenters. The van der Waals surface area contributed by atoms with Crippen molar-refractivity contribution in [3.05, 3.63) is 35.0 Å². The summed E-state index contributed by atoms with van der Waals surface area (Å²) in [5.74, 6) is -3.08. The molecule has 2 aliphatic heterocycles. The quantitative estimate of drug-likeness (QED) is 0.0842. The van der Waals surface area contributed by atoms with Crippen molar-refractivity contribution in [1.82, 2.24) is 15.2 Å². The highest BCUT2D eigenvalue weighted by Gasteiger charge is 2.54. The molecule has 15 nitrogen and oxygen atoms in total. The minimum Gasteiger partial charge on any atom is -0.477 e. The third-order valence-electron chi connectivity index (χ3n) is 3.98. The zero-order chi connectivity index (χ0) is 25.8. The Morgan fingerprint density at radius 3 is 2.50 bits per heavy atom. The fourth-order valence-corrected chi connectivity index (χ4v) is 4.61. The van der Waals surface area contributed by atoms with Crippen molar-refractivity contribution in [3.8, 4) is 0 Å². The standard InChI is InChI=1S/C16H15N5O6S2.H3O4P/c1-3-7-4-28-14-10(13(24)21(14)11(7)15(25)26)19-12(23)9(20-27-6(2)22)8-5-29-16(17)18-8;1-5(2,3)4/h3,5,10,14H,1,4H2,2H3,(H2,17,18)(H,19,23)(H,25,26);(H3,1,2,3,4)/b20-9+;/t10-,14-;/m1./s1. The molecule has 1 fully saturated rings. The Hall–Kier alpha value is -3.08. The highest BCUT2D eigenvalue weighted by Crippen LogP contribution is 2.40. The molecule has 184 valence electrons. The molecule has 0 spiro atoms. The Kier molecular flexibility index (Phi) is 8.71. The van der Waals surface area contributed by atoms with Gasteiger partial charge >= 0.3 is 19.8 Å². The predicted octanol–water partition coefficient (Wildman–Crippen LogP) is -1.01. The van der Waals surface area contributed by atoms with Crippen LogP contribution < -0.4 is 11.1 Å². The van der Waals surface area contributed by atoms with E-state index in [0.717, 1.165) is 23.2 Å². The van der Waals surface area contributed by atoms with E-state index in [9.17, 15) is 24.3 Å². The van der Waals surface area contributed by atoms with E-state index in [-0.39, 0.29) is 22.2 Å². The number of nitrogens with zero attached hydrogens (tertiary/aromatic N) is 3. The van der Waals surface area contributed by atoms with Gasteiger partial charge in [0.1, 0.15) is 22.8 Å². The fourth-order valence-electron chi connectivity index (χ4n) is 2.72. The zero-order valence-electron chi connectivity index (χ0n) is 17.1. The van der Waals surface area contributed by atoms with E-state index in [1.54, 1.807) is 0 Å². The summed E-state index contributed by atoms with van der Waals surface area (Å²) < 4.78 is 8.88. The van der Waals surface area contributed by atoms with Crippen LogP contribution in [0.15, 0.2) is 34.5 Å². The lowest BCUT2D eigenvalue weighted by Crippen LogP contribution is -2.71. The smallest absolute Gasteiger partial charge is 0.466 e. The molecular weight excluding hydrogens is 517 g/mol. The van der Waals surface area contributed by atoms with Gasteiger partial charge in [-0.1, -0.05) is 17.8 Å². The first kappa shape index (κ1) is 27.2. The number of nitrogens with two attached hydrogens (primary N) is 1. The number of thioether (sulfide) groups is 1. The van der Waals surface area contributed by atoms with Crippen LogP contribution in [-0.4, -0.2) is 76.3 Å². The molecular formula is C16H18N5O10PS2. The molecule has 2 amide bonds. The number of carboxylic acids is 1. The fraction of sp³-hybridized carbons (Fsp3) is 0.250. The summed E-state index contributed by atoms with van der Waals surface area (Å²) in [6.07, 6.45) is 1.39. The van der Waals surface area contributed by atoms with E-state index in [1.807, 2.05) is 0 Å². The lowest BCUT2D eigenvalue weighted by atomic mass is 10.0. The first-order valence-electron chi connectivity index (χ1n) is 8.84. The number of carbonyl (C=O) groups excluding carboxylic acids is 3. The highest BCUT2D eigenvalue weighted by molar-refractivity contribution is 8.00. The van der Waals surface area contributed by atoms with Crippen LogP contribution in [0.1, 0.15) is 12.6 Å². The van der Waals surface area contributed by atoms with Crippen LogP contribution >= 0.6 is 30.9 Å². The molecule has 0 saturated carbocycles. The van der Waals surface area contributed by atoms with E-state index >= 15 is 0 Å². The first-order valence-corrected chi connectivity index (χ1v) is 12.3. The van der Waals surface area contributed by atoms with Gasteiger partial charge in [-0.25, -0.2) is 19.1 Å². The molecule has 3 rings (SSSR count). The number of hydrogen-bond donors (Lipinski definition) is 6. The maximum absolute atomic E-state index is 12.7. The number of anilines is 1. The number of thiazole rings is 1. The second-order valence-corrected chi connectivity index (χ2v) is 9.37. The third-order valence-corrected chi connectivity index (χ3v) is 5.95. The number of fused-ring (bicyclic) bond motifs is 1. The molecule has 34 heavy (non-hydrogen) atoms. The molecule has 0 aromatic carbocycles. The summed E-state index contributed by atoms with van der Waals surface area (Å²) in [4.78, 5) is 79.0. The predicted molar refractivity (Wildman–Crippen MR) is 119 cm³/mol. The van der Waals surface area contributed by atoms with E-state index in [4.69, 9.17) is 25.0 Å². The summed E-state index contributed by atoms with van der Waals surface area (Å²) in [6.45, 7) is 4.68. The van der Waals surface area contributed by atoms with E-state index < -0.39 is 43.0 Å². The van der Waals surface area contributed by atoms with Gasteiger partial charge in [0, 0.05) is 18.1 Å². The number of rotatable bonds is 6. The van der Waals surface area contributed by atoms with E-state index in [2.05, 4.69) is 26.9 Å². The van der Waals surface area contributed by atoms with Gasteiger partial charge in [-0.05, 0) is 5.57 Å². The van der Waals surface area contributed by atoms with Crippen LogP contribution in [0.3, 0.4) is 0 Å². The molecule has 0 radical (unpaired) electrons. The summed E-state index contributed by atoms with van der Waals surface area (Å²) in [5.41, 5.74) is 5.58. The van der Waals surface area contributed by atoms with Crippen LogP contribution in [0, 0.1) is 0 Å². The number of carbonyl (C=O) groups is 4. The van der Waals surface area contributed by atoms with Crippen LogP contribution in [0.2, 0.25) is 0 Å². The molecule has 7 N–H and O–H groups in total. The number of nitrogens with one attached hydrogen (secondary N) is 1. The Bertz CT molecular complexity index is 1130. The number of β-lactam (4-membered cyclic amide) rings is 1. The molecule has 3 heterocycles. The van der Waals surface area contributed by atoms with Gasteiger partial charge in [-0.3, -0.25) is 14.5 Å². The Morgan fingerprint density at radius 1 is 1.41 bits per heavy atom. The lowest BCUT2D eigenvalue weighted by Gasteiger charge is -2.49. The van der Waals surface area contributed by atoms with E-state index in [0.29, 0.717) is 11.3 Å². The normalized spacial score (nSPS) is 19.8. The number of allylic oxidation sites excluding steroid dienone is 1. The van der Waals surface area contributed by atoms with Crippen molar-refractivity contribution < 1.29 is 48.4 Å². The minimum atomic E-state index is -4.64. The lowest BCUT2D eigenvalue weighted by molar-refractivity contribution is -0.150. The number of aliphatic carboxylic acids is 1. The van der Waals surface area contributed by atoms with Gasteiger partial charge in [0.05, 0.1) is 0 Å². The average Bonchev–Trinajstić information content (AvgIpc) is 3.15. The Morgan fingerprint density at radius 2 is 2.03 bits per heavy atom. The zero-order valence-corrected chi connectivity index (χ0v) is 19.7. The SMILES string of the molecule is C=CC1=C(C(=O)O)N2C(=O)[C@@H](NC(=O)/C(=N/OC(C)=O)c3csc(N)n3)[C@H]2SC1.O=P(O)(O)O. The van der Waals surface area contributed by atoms with Crippen molar-refractivity contribution in [2.45, 2.75) is 18.3 Å². The topological polar surface area (TPSA) is 242 Å². The number of carboxylic acid groups (broad SMARTS) is 1. The van der Waals surface area contributed by atoms with Gasteiger partial charge < -0.3 is 35.7 Å². The summed E-state index contributed by atoms with van der Waals surface area (Å²) in [5, 5.41) is 16.5. The third kappa shape index (κ3) is 6.72. The number of oxime groups is 1. The average molecular weight is 535 g/mol. The summed E-state index contributed by atoms with van der Waals surface area (Å²) in [7, 11) is -4.64. The van der Waals surface area contributed by atoms with Crippen molar-refractivity contribution in [3.63, 3.8) is 0 Å². The largest absolute Gasteiger partial charge is 0.477 e. The summed E-state index contributed by atoms with van der Waals surface area (Å²) >= 11 is 2.34. The monoisotopic (exact) mass is 535 g/mol. The second kappa shape index (κ2) is 10.9. The molecule has 1 aromatic rings. The molecule has 2 aliphatic rings. The maximum atomic E-state index is 12.7. The number of aromatic nitrogens is 1. The van der Waals surface area contributed by atoms with Crippen molar-refractivity contribution in [2.24, 2.45) is 5.16 Å². The van der Waals surface area contributed by atoms with Crippen LogP contribution in [0.4, 0.5) is 5.13 Å². The first-order chi connectivity index (χ1) is 15.7. The Labute approximate surface area is 199 Å².